The van der Waals surface area contributed by atoms with Crippen molar-refractivity contribution in [2.24, 2.45) is 11.8 Å². The van der Waals surface area contributed by atoms with E-state index in [0.717, 1.165) is 11.8 Å². The molecule has 0 heteroatoms. The van der Waals surface area contributed by atoms with Crippen LogP contribution in [0.1, 0.15) is 32.6 Å². The van der Waals surface area contributed by atoms with Crippen LogP contribution in [-0.4, -0.2) is 0 Å². The number of hydrogen-bond donors (Lipinski definition) is 0. The third kappa shape index (κ3) is 1.95. The van der Waals surface area contributed by atoms with Gasteiger partial charge in [-0.2, -0.15) is 0 Å². The van der Waals surface area contributed by atoms with E-state index in [0.29, 0.717) is 0 Å². The van der Waals surface area contributed by atoms with Crippen molar-refractivity contribution in [2.75, 3.05) is 0 Å². The average molecular weight is 150 g/mol. The predicted octanol–water partition coefficient (Wildman–Crippen LogP) is 3.55. The maximum absolute atomic E-state index is 4.04. The van der Waals surface area contributed by atoms with Crippen LogP contribution >= 0.6 is 0 Å². The van der Waals surface area contributed by atoms with Crippen molar-refractivity contribution in [1.29, 1.82) is 0 Å². The molecule has 0 aromatic heterocycles. The lowest BCUT2D eigenvalue weighted by atomic mass is 9.88. The first-order valence-corrected chi connectivity index (χ1v) is 4.52. The van der Waals surface area contributed by atoms with Crippen LogP contribution in [0, 0.1) is 11.8 Å². The van der Waals surface area contributed by atoms with Crippen molar-refractivity contribution in [1.82, 2.24) is 0 Å². The quantitative estimate of drug-likeness (QED) is 0.540. The van der Waals surface area contributed by atoms with Crippen LogP contribution in [0.5, 0.6) is 0 Å². The highest BCUT2D eigenvalue weighted by atomic mass is 14.3. The average Bonchev–Trinajstić information content (AvgIpc) is 2.36. The lowest BCUT2D eigenvalue weighted by Crippen LogP contribution is -2.07. The zero-order valence-corrected chi connectivity index (χ0v) is 7.47. The van der Waals surface area contributed by atoms with Gasteiger partial charge in [0.2, 0.25) is 0 Å². The highest BCUT2D eigenvalue weighted by Crippen LogP contribution is 2.37. The van der Waals surface area contributed by atoms with Crippen LogP contribution < -0.4 is 0 Å². The van der Waals surface area contributed by atoms with Crippen molar-refractivity contribution in [3.63, 3.8) is 0 Å². The minimum absolute atomic E-state index is 0.785. The molecule has 0 nitrogen and oxygen atoms in total. The summed E-state index contributed by atoms with van der Waals surface area (Å²) < 4.78 is 0. The molecule has 0 bridgehead atoms. The van der Waals surface area contributed by atoms with Crippen molar-refractivity contribution >= 4 is 0 Å². The van der Waals surface area contributed by atoms with Gasteiger partial charge < -0.3 is 0 Å². The van der Waals surface area contributed by atoms with E-state index in [9.17, 15) is 0 Å². The summed E-state index contributed by atoms with van der Waals surface area (Å²) in [6.45, 7) is 9.98. The summed E-state index contributed by atoms with van der Waals surface area (Å²) in [6.07, 6.45) is 7.34. The largest absolute Gasteiger partial charge is 0.103 e. The molecule has 0 N–H and O–H groups in total. The number of hydrogen-bond acceptors (Lipinski definition) is 0. The molecule has 2 atom stereocenters. The summed E-state index contributed by atoms with van der Waals surface area (Å²) in [4.78, 5) is 0. The molecular weight excluding hydrogens is 132 g/mol. The van der Waals surface area contributed by atoms with E-state index >= 15 is 0 Å². The topological polar surface area (TPSA) is 0 Å². The normalized spacial score (nSPS) is 30.3. The van der Waals surface area contributed by atoms with Crippen LogP contribution in [0.3, 0.4) is 0 Å². The van der Waals surface area contributed by atoms with Gasteiger partial charge in [0.15, 0.2) is 0 Å². The smallest absolute Gasteiger partial charge is 0.0177 e. The number of rotatable bonds is 3. The molecule has 62 valence electrons. The summed E-state index contributed by atoms with van der Waals surface area (Å²) in [5.74, 6) is 1.64. The molecule has 0 heterocycles. The number of allylic oxidation sites excluding steroid dienone is 2. The van der Waals surface area contributed by atoms with Crippen LogP contribution in [0.25, 0.3) is 0 Å². The Morgan fingerprint density at radius 3 is 2.82 bits per heavy atom. The van der Waals surface area contributed by atoms with Gasteiger partial charge in [0.1, 0.15) is 0 Å². The lowest BCUT2D eigenvalue weighted by Gasteiger charge is -2.17. The van der Waals surface area contributed by atoms with Gasteiger partial charge in [-0.15, -0.1) is 6.58 Å². The molecular formula is C11H18. The first-order valence-electron chi connectivity index (χ1n) is 4.52. The van der Waals surface area contributed by atoms with E-state index < -0.39 is 0 Å². The van der Waals surface area contributed by atoms with Gasteiger partial charge >= 0.3 is 0 Å². The van der Waals surface area contributed by atoms with Crippen LogP contribution in [0.2, 0.25) is 0 Å². The Balaban J connectivity index is 2.50. The SMILES string of the molecule is C=CC[C@@H]1CCC[C@@H]1C(=C)C. The molecule has 0 aromatic carbocycles. The summed E-state index contributed by atoms with van der Waals surface area (Å²) in [6, 6.07) is 0. The monoisotopic (exact) mass is 150 g/mol. The summed E-state index contributed by atoms with van der Waals surface area (Å²) in [7, 11) is 0. The maximum Gasteiger partial charge on any atom is -0.0177 e. The fourth-order valence-electron chi connectivity index (χ4n) is 2.18. The minimum Gasteiger partial charge on any atom is -0.103 e. The molecule has 0 amide bonds. The Labute approximate surface area is 70.0 Å². The highest BCUT2D eigenvalue weighted by molar-refractivity contribution is 5.02. The lowest BCUT2D eigenvalue weighted by molar-refractivity contribution is 0.445. The van der Waals surface area contributed by atoms with Gasteiger partial charge in [0.25, 0.3) is 0 Å². The molecule has 1 rings (SSSR count). The van der Waals surface area contributed by atoms with E-state index in [-0.39, 0.29) is 0 Å². The predicted molar refractivity (Wildman–Crippen MR) is 50.5 cm³/mol. The molecule has 1 fully saturated rings. The van der Waals surface area contributed by atoms with E-state index in [4.69, 9.17) is 0 Å². The van der Waals surface area contributed by atoms with E-state index in [1.54, 1.807) is 0 Å². The van der Waals surface area contributed by atoms with E-state index in [1.165, 1.54) is 31.3 Å². The molecule has 1 aliphatic rings. The Bertz CT molecular complexity index is 155. The van der Waals surface area contributed by atoms with Crippen molar-refractivity contribution in [3.05, 3.63) is 24.8 Å². The zero-order chi connectivity index (χ0) is 8.27. The minimum atomic E-state index is 0.785. The van der Waals surface area contributed by atoms with Crippen LogP contribution in [0.15, 0.2) is 24.8 Å². The molecule has 11 heavy (non-hydrogen) atoms. The Morgan fingerprint density at radius 1 is 1.55 bits per heavy atom. The Kier molecular flexibility index (Phi) is 2.92. The standard InChI is InChI=1S/C11H18/c1-4-6-10-7-5-8-11(10)9(2)3/h4,10-11H,1-2,5-8H2,3H3/t10-,11-/m1/s1. The second kappa shape index (κ2) is 3.75. The van der Waals surface area contributed by atoms with Crippen LogP contribution in [-0.2, 0) is 0 Å². The second-order valence-corrected chi connectivity index (χ2v) is 3.67. The molecule has 1 saturated carbocycles. The van der Waals surface area contributed by atoms with Crippen molar-refractivity contribution in [3.8, 4) is 0 Å². The highest BCUT2D eigenvalue weighted by Gasteiger charge is 2.25. The second-order valence-electron chi connectivity index (χ2n) is 3.67. The van der Waals surface area contributed by atoms with Gasteiger partial charge in [0.05, 0.1) is 0 Å². The van der Waals surface area contributed by atoms with Gasteiger partial charge in [-0.1, -0.05) is 24.6 Å². The zero-order valence-electron chi connectivity index (χ0n) is 7.47. The van der Waals surface area contributed by atoms with Gasteiger partial charge in [-0.3, -0.25) is 0 Å². The summed E-state index contributed by atoms with van der Waals surface area (Å²) in [5, 5.41) is 0. The van der Waals surface area contributed by atoms with Gasteiger partial charge in [-0.05, 0) is 38.0 Å². The molecule has 0 saturated heterocycles. The maximum atomic E-state index is 4.04. The fourth-order valence-corrected chi connectivity index (χ4v) is 2.18. The van der Waals surface area contributed by atoms with Gasteiger partial charge in [-0.25, -0.2) is 0 Å². The molecule has 1 aliphatic carbocycles. The third-order valence-corrected chi connectivity index (χ3v) is 2.76. The molecule has 0 spiro atoms. The van der Waals surface area contributed by atoms with Gasteiger partial charge in [0, 0.05) is 0 Å². The molecule has 0 unspecified atom stereocenters. The van der Waals surface area contributed by atoms with E-state index in [2.05, 4.69) is 20.1 Å². The van der Waals surface area contributed by atoms with Crippen molar-refractivity contribution in [2.45, 2.75) is 32.6 Å². The van der Waals surface area contributed by atoms with Crippen molar-refractivity contribution < 1.29 is 0 Å². The Hall–Kier alpha value is -0.520. The summed E-state index contributed by atoms with van der Waals surface area (Å²) in [5.41, 5.74) is 1.37. The Morgan fingerprint density at radius 2 is 2.27 bits per heavy atom. The van der Waals surface area contributed by atoms with E-state index in [1.807, 2.05) is 6.08 Å². The first-order chi connectivity index (χ1) is 5.25. The molecule has 0 radical (unpaired) electrons. The fraction of sp³-hybridized carbons (Fsp3) is 0.636. The first kappa shape index (κ1) is 8.58. The summed E-state index contributed by atoms with van der Waals surface area (Å²) >= 11 is 0. The third-order valence-electron chi connectivity index (χ3n) is 2.76. The molecule has 0 aliphatic heterocycles. The molecule has 0 aromatic rings. The van der Waals surface area contributed by atoms with Crippen LogP contribution in [0.4, 0.5) is 0 Å².